The van der Waals surface area contributed by atoms with Crippen LogP contribution < -0.4 is 15.4 Å². The summed E-state index contributed by atoms with van der Waals surface area (Å²) in [7, 11) is 1.63. The van der Waals surface area contributed by atoms with E-state index in [1.54, 1.807) is 13.4 Å². The van der Waals surface area contributed by atoms with Crippen molar-refractivity contribution in [3.63, 3.8) is 0 Å². The number of nitrogens with zero attached hydrogens (tertiary/aromatic N) is 4. The molecule has 2 aromatic rings. The highest BCUT2D eigenvalue weighted by molar-refractivity contribution is 5.85. The Balaban J connectivity index is 1.45. The molecule has 3 rings (SSSR count). The molecule has 1 saturated heterocycles. The first-order valence-corrected chi connectivity index (χ1v) is 10.2. The molecule has 0 bridgehead atoms. The van der Waals surface area contributed by atoms with E-state index in [0.29, 0.717) is 6.54 Å². The highest BCUT2D eigenvalue weighted by Crippen LogP contribution is 2.11. The molecule has 162 valence electrons. The normalized spacial score (nSPS) is 15.1. The average molecular weight is 415 g/mol. The molecule has 0 radical (unpaired) electrons. The summed E-state index contributed by atoms with van der Waals surface area (Å²) in [5.41, 5.74) is 1.96. The maximum absolute atomic E-state index is 12.2. The topological polar surface area (TPSA) is 95.2 Å². The quantitative estimate of drug-likeness (QED) is 0.493. The molecule has 1 aromatic carbocycles. The van der Waals surface area contributed by atoms with Crippen molar-refractivity contribution in [1.29, 1.82) is 0 Å². The Labute approximate surface area is 177 Å². The molecule has 9 nitrogen and oxygen atoms in total. The number of ether oxygens (including phenoxy) is 1. The van der Waals surface area contributed by atoms with E-state index in [2.05, 4.69) is 30.6 Å². The predicted molar refractivity (Wildman–Crippen MR) is 114 cm³/mol. The van der Waals surface area contributed by atoms with Gasteiger partial charge in [0.15, 0.2) is 5.96 Å². The molecule has 1 fully saturated rings. The third kappa shape index (κ3) is 6.48. The molecule has 1 aliphatic rings. The molecular weight excluding hydrogens is 384 g/mol. The Hall–Kier alpha value is -3.07. The van der Waals surface area contributed by atoms with Gasteiger partial charge in [-0.3, -0.25) is 9.69 Å². The molecule has 0 aliphatic carbocycles. The van der Waals surface area contributed by atoms with E-state index < -0.39 is 0 Å². The molecule has 0 atom stereocenters. The number of amides is 1. The highest BCUT2D eigenvalue weighted by atomic mass is 16.5. The van der Waals surface area contributed by atoms with E-state index in [-0.39, 0.29) is 12.5 Å². The average Bonchev–Trinajstić information content (AvgIpc) is 3.29. The Morgan fingerprint density at radius 3 is 2.57 bits per heavy atom. The Bertz CT molecular complexity index is 799. The summed E-state index contributed by atoms with van der Waals surface area (Å²) in [6.45, 7) is 7.63. The van der Waals surface area contributed by atoms with Crippen LogP contribution in [-0.2, 0) is 17.9 Å². The second-order valence-electron chi connectivity index (χ2n) is 7.05. The first-order valence-electron chi connectivity index (χ1n) is 10.2. The van der Waals surface area contributed by atoms with Crippen LogP contribution in [0.15, 0.2) is 46.1 Å². The van der Waals surface area contributed by atoms with Gasteiger partial charge in [-0.05, 0) is 24.6 Å². The maximum atomic E-state index is 12.2. The van der Waals surface area contributed by atoms with Crippen molar-refractivity contribution in [2.45, 2.75) is 20.0 Å². The van der Waals surface area contributed by atoms with Gasteiger partial charge >= 0.3 is 0 Å². The van der Waals surface area contributed by atoms with Gasteiger partial charge in [-0.1, -0.05) is 17.3 Å². The van der Waals surface area contributed by atoms with Crippen molar-refractivity contribution in [2.75, 3.05) is 46.4 Å². The first-order chi connectivity index (χ1) is 14.7. The molecular formula is C21H30N6O3. The van der Waals surface area contributed by atoms with E-state index in [4.69, 9.17) is 9.26 Å². The summed E-state index contributed by atoms with van der Waals surface area (Å²) < 4.78 is 10.0. The van der Waals surface area contributed by atoms with E-state index in [9.17, 15) is 4.79 Å². The van der Waals surface area contributed by atoms with Crippen molar-refractivity contribution in [1.82, 2.24) is 25.6 Å². The highest BCUT2D eigenvalue weighted by Gasteiger charge is 2.20. The molecule has 2 heterocycles. The van der Waals surface area contributed by atoms with Crippen LogP contribution in [0.1, 0.15) is 18.2 Å². The number of piperazine rings is 1. The first kappa shape index (κ1) is 21.6. The lowest BCUT2D eigenvalue weighted by molar-refractivity contribution is -0.119. The number of hydrogen-bond acceptors (Lipinski definition) is 6. The molecule has 0 spiro atoms. The summed E-state index contributed by atoms with van der Waals surface area (Å²) in [5, 5.41) is 10.2. The number of guanidine groups is 1. The minimum atomic E-state index is -0.106. The van der Waals surface area contributed by atoms with Crippen LogP contribution in [0.5, 0.6) is 5.75 Å². The largest absolute Gasteiger partial charge is 0.497 e. The van der Waals surface area contributed by atoms with Gasteiger partial charge in [-0.15, -0.1) is 0 Å². The minimum absolute atomic E-state index is 0.0949. The molecule has 2 N–H and O–H groups in total. The van der Waals surface area contributed by atoms with Crippen LogP contribution in [0.4, 0.5) is 0 Å². The zero-order chi connectivity index (χ0) is 21.2. The second kappa shape index (κ2) is 11.2. The van der Waals surface area contributed by atoms with Crippen LogP contribution in [0.2, 0.25) is 0 Å². The summed E-state index contributed by atoms with van der Waals surface area (Å²) in [6.07, 6.45) is 1.60. The lowest BCUT2D eigenvalue weighted by Gasteiger charge is -2.36. The third-order valence-corrected chi connectivity index (χ3v) is 4.90. The zero-order valence-electron chi connectivity index (χ0n) is 17.6. The summed E-state index contributed by atoms with van der Waals surface area (Å²) >= 11 is 0. The minimum Gasteiger partial charge on any atom is -0.497 e. The SMILES string of the molecule is CCNC(=NCC(=O)NCc1ccc(OC)cc1)N1CCN(Cc2ccon2)CC1. The van der Waals surface area contributed by atoms with Crippen molar-refractivity contribution in [3.8, 4) is 5.75 Å². The van der Waals surface area contributed by atoms with Gasteiger partial charge in [-0.25, -0.2) is 4.99 Å². The van der Waals surface area contributed by atoms with E-state index in [0.717, 1.165) is 62.2 Å². The van der Waals surface area contributed by atoms with Crippen LogP contribution in [0, 0.1) is 0 Å². The van der Waals surface area contributed by atoms with Crippen LogP contribution >= 0.6 is 0 Å². The fraction of sp³-hybridized carbons (Fsp3) is 0.476. The molecule has 1 aromatic heterocycles. The van der Waals surface area contributed by atoms with Crippen LogP contribution in [-0.4, -0.2) is 73.2 Å². The number of aromatic nitrogens is 1. The number of methoxy groups -OCH3 is 1. The van der Waals surface area contributed by atoms with Crippen molar-refractivity contribution >= 4 is 11.9 Å². The smallest absolute Gasteiger partial charge is 0.242 e. The summed E-state index contributed by atoms with van der Waals surface area (Å²) in [6, 6.07) is 9.52. The Morgan fingerprint density at radius 1 is 1.17 bits per heavy atom. The van der Waals surface area contributed by atoms with Gasteiger partial charge in [0.2, 0.25) is 5.91 Å². The third-order valence-electron chi connectivity index (χ3n) is 4.90. The lowest BCUT2D eigenvalue weighted by atomic mass is 10.2. The summed E-state index contributed by atoms with van der Waals surface area (Å²) in [5.74, 6) is 1.47. The van der Waals surface area contributed by atoms with E-state index in [1.165, 1.54) is 0 Å². The number of benzene rings is 1. The van der Waals surface area contributed by atoms with Gasteiger partial charge in [-0.2, -0.15) is 0 Å². The summed E-state index contributed by atoms with van der Waals surface area (Å²) in [4.78, 5) is 21.3. The molecule has 1 aliphatic heterocycles. The molecule has 0 unspecified atom stereocenters. The number of carbonyl (C=O) groups excluding carboxylic acids is 1. The molecule has 0 saturated carbocycles. The van der Waals surface area contributed by atoms with E-state index in [1.807, 2.05) is 37.3 Å². The number of hydrogen-bond donors (Lipinski definition) is 2. The van der Waals surface area contributed by atoms with E-state index >= 15 is 0 Å². The fourth-order valence-electron chi connectivity index (χ4n) is 3.24. The Morgan fingerprint density at radius 2 is 1.93 bits per heavy atom. The number of aliphatic imine (C=N–C) groups is 1. The second-order valence-corrected chi connectivity index (χ2v) is 7.05. The van der Waals surface area contributed by atoms with Gasteiger partial charge < -0.3 is 24.8 Å². The fourth-order valence-corrected chi connectivity index (χ4v) is 3.24. The maximum Gasteiger partial charge on any atom is 0.242 e. The Kier molecular flexibility index (Phi) is 8.08. The van der Waals surface area contributed by atoms with Crippen molar-refractivity contribution < 1.29 is 14.1 Å². The van der Waals surface area contributed by atoms with Gasteiger partial charge in [0, 0.05) is 51.9 Å². The van der Waals surface area contributed by atoms with Gasteiger partial charge in [0.05, 0.1) is 12.8 Å². The predicted octanol–water partition coefficient (Wildman–Crippen LogP) is 1.08. The van der Waals surface area contributed by atoms with Crippen LogP contribution in [0.3, 0.4) is 0 Å². The van der Waals surface area contributed by atoms with Gasteiger partial charge in [0.1, 0.15) is 18.6 Å². The van der Waals surface area contributed by atoms with Gasteiger partial charge in [0.25, 0.3) is 0 Å². The zero-order valence-corrected chi connectivity index (χ0v) is 17.6. The van der Waals surface area contributed by atoms with Crippen molar-refractivity contribution in [2.24, 2.45) is 4.99 Å². The van der Waals surface area contributed by atoms with Crippen molar-refractivity contribution in [3.05, 3.63) is 47.9 Å². The molecule has 1 amide bonds. The standard InChI is InChI=1S/C21H30N6O3/c1-3-22-21(27-11-9-26(10-12-27)16-18-8-13-30-25-18)24-15-20(28)23-14-17-4-6-19(29-2)7-5-17/h4-8,13H,3,9-12,14-16H2,1-2H3,(H,22,24)(H,23,28). The molecule has 9 heteroatoms. The number of rotatable bonds is 8. The van der Waals surface area contributed by atoms with Crippen LogP contribution in [0.25, 0.3) is 0 Å². The number of carbonyl (C=O) groups is 1. The lowest BCUT2D eigenvalue weighted by Crippen LogP contribution is -2.52. The monoisotopic (exact) mass is 414 g/mol. The number of nitrogens with one attached hydrogen (secondary N) is 2. The molecule has 30 heavy (non-hydrogen) atoms.